The van der Waals surface area contributed by atoms with Crippen molar-refractivity contribution in [1.29, 1.82) is 0 Å². The van der Waals surface area contributed by atoms with E-state index in [0.29, 0.717) is 36.1 Å². The van der Waals surface area contributed by atoms with Crippen LogP contribution in [0.1, 0.15) is 243 Å². The summed E-state index contributed by atoms with van der Waals surface area (Å²) in [4.78, 5) is 40.7. The van der Waals surface area contributed by atoms with Crippen molar-refractivity contribution in [1.82, 2.24) is 9.80 Å². The molecule has 0 aromatic carbocycles. The summed E-state index contributed by atoms with van der Waals surface area (Å²) in [5.41, 5.74) is 3.18. The summed E-state index contributed by atoms with van der Waals surface area (Å²) < 4.78 is 4.99. The number of thiophene rings is 5. The van der Waals surface area contributed by atoms with Gasteiger partial charge in [0.2, 0.25) is 0 Å². The first-order valence-corrected chi connectivity index (χ1v) is 33.3. The predicted molar refractivity (Wildman–Crippen MR) is 317 cm³/mol. The molecule has 0 bridgehead atoms. The second kappa shape index (κ2) is 30.7. The van der Waals surface area contributed by atoms with Gasteiger partial charge in [0.15, 0.2) is 0 Å². The highest BCUT2D eigenvalue weighted by Gasteiger charge is 2.50. The van der Waals surface area contributed by atoms with E-state index in [2.05, 4.69) is 84.7 Å². The van der Waals surface area contributed by atoms with Crippen LogP contribution in [0.25, 0.3) is 39.9 Å². The first kappa shape index (κ1) is 56.2. The fraction of sp³-hybridized carbons (Fsp3) is 0.645. The summed E-state index contributed by atoms with van der Waals surface area (Å²) in [5.74, 6) is 0.940. The summed E-state index contributed by atoms with van der Waals surface area (Å²) in [5, 5.41) is 4.33. The first-order valence-electron chi connectivity index (χ1n) is 29.1. The molecular weight excluding hydrogens is 965 g/mol. The average Bonchev–Trinajstić information content (AvgIpc) is 4.25. The molecule has 0 fully saturated rings. The number of carbonyl (C=O) groups is 2. The van der Waals surface area contributed by atoms with Crippen LogP contribution in [0, 0.1) is 11.8 Å². The maximum atomic E-state index is 15.8. The van der Waals surface area contributed by atoms with Gasteiger partial charge >= 0.3 is 0 Å². The number of carbonyl (C=O) groups excluding carboxylic acids is 2. The Hall–Kier alpha value is -2.56. The van der Waals surface area contributed by atoms with Crippen LogP contribution in [-0.2, 0) is 9.59 Å². The normalized spacial score (nSPS) is 15.0. The van der Waals surface area contributed by atoms with Crippen LogP contribution in [0.3, 0.4) is 0 Å². The molecule has 5 aromatic heterocycles. The van der Waals surface area contributed by atoms with E-state index >= 15 is 9.59 Å². The molecule has 71 heavy (non-hydrogen) atoms. The van der Waals surface area contributed by atoms with Gasteiger partial charge in [0.25, 0.3) is 11.8 Å². The number of amides is 2. The molecule has 2 unspecified atom stereocenters. The largest absolute Gasteiger partial charge is 0.306 e. The van der Waals surface area contributed by atoms with Crippen molar-refractivity contribution in [2.24, 2.45) is 11.8 Å². The zero-order valence-corrected chi connectivity index (χ0v) is 48.6. The summed E-state index contributed by atoms with van der Waals surface area (Å²) >= 11 is 8.97. The van der Waals surface area contributed by atoms with Crippen LogP contribution in [0.5, 0.6) is 0 Å². The van der Waals surface area contributed by atoms with Gasteiger partial charge in [-0.05, 0) is 78.6 Å². The molecule has 0 saturated heterocycles. The fourth-order valence-corrected chi connectivity index (χ4v) is 16.8. The van der Waals surface area contributed by atoms with E-state index in [1.165, 1.54) is 208 Å². The fourth-order valence-electron chi connectivity index (χ4n) is 11.4. The van der Waals surface area contributed by atoms with Gasteiger partial charge in [-0.3, -0.25) is 9.59 Å². The Bertz CT molecular complexity index is 2330. The van der Waals surface area contributed by atoms with E-state index in [0.717, 1.165) is 46.8 Å². The molecule has 0 aliphatic carbocycles. The van der Waals surface area contributed by atoms with Gasteiger partial charge < -0.3 is 9.80 Å². The molecule has 2 aliphatic rings. The summed E-state index contributed by atoms with van der Waals surface area (Å²) in [7, 11) is 0. The summed E-state index contributed by atoms with van der Waals surface area (Å²) in [6, 6.07) is 13.5. The molecule has 0 radical (unpaired) electrons. The number of nitrogens with zero attached hydrogens (tertiary/aromatic N) is 2. The van der Waals surface area contributed by atoms with Crippen LogP contribution in [0.4, 0.5) is 0 Å². The third kappa shape index (κ3) is 16.0. The molecule has 390 valence electrons. The molecule has 5 aromatic rings. The standard InChI is InChI=1S/C62H90N2O2S5/c1-5-9-13-17-21-23-27-31-36-47(34-29-25-19-15-11-7-3)45-63-59(55-42-51-50(69-55)39-41-68-51)57-58(62(63)66)60(56-44-54-53(71-56)43-52(70-54)49-38-33-40-67-49)64(61(57)65)46-48(35-30-26-20-16-12-8-4)37-32-28-24-22-18-14-10-6-2/h33,38-44,47-48H,5-32,34-37,45-46H2,1-4H3. The highest BCUT2D eigenvalue weighted by Crippen LogP contribution is 2.52. The zero-order chi connectivity index (χ0) is 49.6. The van der Waals surface area contributed by atoms with Crippen molar-refractivity contribution in [2.75, 3.05) is 13.1 Å². The van der Waals surface area contributed by atoms with E-state index in [9.17, 15) is 0 Å². The van der Waals surface area contributed by atoms with E-state index in [1.807, 2.05) is 11.3 Å². The van der Waals surface area contributed by atoms with Crippen molar-refractivity contribution in [3.8, 4) is 9.75 Å². The van der Waals surface area contributed by atoms with E-state index in [-0.39, 0.29) is 11.8 Å². The monoisotopic (exact) mass is 1050 g/mol. The minimum Gasteiger partial charge on any atom is -0.306 e. The molecule has 7 rings (SSSR count). The smallest absolute Gasteiger partial charge is 0.261 e. The van der Waals surface area contributed by atoms with E-state index in [4.69, 9.17) is 0 Å². The lowest BCUT2D eigenvalue weighted by Crippen LogP contribution is -2.34. The van der Waals surface area contributed by atoms with Gasteiger partial charge in [0.1, 0.15) is 0 Å². The topological polar surface area (TPSA) is 40.6 Å². The number of hydrogen-bond acceptors (Lipinski definition) is 7. The Labute approximate surface area is 450 Å². The molecular formula is C62H90N2O2S5. The maximum absolute atomic E-state index is 15.8. The molecule has 7 heterocycles. The van der Waals surface area contributed by atoms with Crippen LogP contribution < -0.4 is 0 Å². The van der Waals surface area contributed by atoms with Crippen molar-refractivity contribution in [3.63, 3.8) is 0 Å². The van der Waals surface area contributed by atoms with Crippen molar-refractivity contribution in [3.05, 3.63) is 68.1 Å². The highest BCUT2D eigenvalue weighted by molar-refractivity contribution is 7.31. The third-order valence-electron chi connectivity index (χ3n) is 15.5. The van der Waals surface area contributed by atoms with Crippen molar-refractivity contribution >= 4 is 98.7 Å². The third-order valence-corrected chi connectivity index (χ3v) is 21.0. The van der Waals surface area contributed by atoms with Crippen molar-refractivity contribution < 1.29 is 9.59 Å². The van der Waals surface area contributed by atoms with Gasteiger partial charge in [0, 0.05) is 41.6 Å². The second-order valence-electron chi connectivity index (χ2n) is 21.3. The number of unbranched alkanes of at least 4 members (excludes halogenated alkanes) is 24. The molecule has 2 amide bonds. The molecule has 0 saturated carbocycles. The number of hydrogen-bond donors (Lipinski definition) is 0. The molecule has 2 atom stereocenters. The maximum Gasteiger partial charge on any atom is 0.261 e. The molecule has 0 spiro atoms. The SMILES string of the molecule is CCCCCCCCCCC(CCCCCCCC)CN1C(=O)C2=C(c3cc4sc(-c5cccs5)cc4s3)N(CC(CCCCCCCC)CCCCCCCCCC)C(=O)C2=C1c1cc2sccc2s1. The highest BCUT2D eigenvalue weighted by atomic mass is 32.1. The van der Waals surface area contributed by atoms with Gasteiger partial charge in [-0.25, -0.2) is 0 Å². The number of rotatable bonds is 39. The molecule has 9 heteroatoms. The van der Waals surface area contributed by atoms with E-state index < -0.39 is 0 Å². The first-order chi connectivity index (χ1) is 34.9. The Balaban J connectivity index is 1.22. The minimum absolute atomic E-state index is 0.0630. The minimum atomic E-state index is 0.0630. The lowest BCUT2D eigenvalue weighted by Gasteiger charge is -2.29. The van der Waals surface area contributed by atoms with Gasteiger partial charge in [-0.15, -0.1) is 56.7 Å². The average molecular weight is 1060 g/mol. The van der Waals surface area contributed by atoms with Crippen LogP contribution in [-0.4, -0.2) is 34.7 Å². The van der Waals surface area contributed by atoms with Gasteiger partial charge in [-0.2, -0.15) is 0 Å². The Morgan fingerprint density at radius 2 is 0.746 bits per heavy atom. The van der Waals surface area contributed by atoms with Gasteiger partial charge in [0.05, 0.1) is 32.3 Å². The Kier molecular flexibility index (Phi) is 24.3. The second-order valence-corrected chi connectivity index (χ2v) is 26.5. The van der Waals surface area contributed by atoms with Crippen molar-refractivity contribution in [2.45, 2.75) is 233 Å². The molecule has 4 nitrogen and oxygen atoms in total. The Morgan fingerprint density at radius 1 is 0.380 bits per heavy atom. The van der Waals surface area contributed by atoms with Gasteiger partial charge in [-0.1, -0.05) is 214 Å². The van der Waals surface area contributed by atoms with Crippen LogP contribution >= 0.6 is 56.7 Å². The zero-order valence-electron chi connectivity index (χ0n) is 44.6. The summed E-state index contributed by atoms with van der Waals surface area (Å²) in [6.45, 7) is 10.6. The van der Waals surface area contributed by atoms with Crippen LogP contribution in [0.15, 0.2) is 58.3 Å². The Morgan fingerprint density at radius 3 is 1.14 bits per heavy atom. The number of fused-ring (bicyclic) bond motifs is 3. The van der Waals surface area contributed by atoms with E-state index in [1.54, 1.807) is 45.3 Å². The molecule has 0 N–H and O–H groups in total. The quantitative estimate of drug-likeness (QED) is 0.0368. The predicted octanol–water partition coefficient (Wildman–Crippen LogP) is 21.6. The molecule has 2 aliphatic heterocycles. The lowest BCUT2D eigenvalue weighted by atomic mass is 9.93. The lowest BCUT2D eigenvalue weighted by molar-refractivity contribution is -0.124. The van der Waals surface area contributed by atoms with Crippen LogP contribution in [0.2, 0.25) is 0 Å². The summed E-state index contributed by atoms with van der Waals surface area (Å²) in [6.07, 6.45) is 40.9.